The summed E-state index contributed by atoms with van der Waals surface area (Å²) < 4.78 is 11.1. The lowest BCUT2D eigenvalue weighted by atomic mass is 10.3. The summed E-state index contributed by atoms with van der Waals surface area (Å²) in [6.45, 7) is 1.01. The highest BCUT2D eigenvalue weighted by atomic mass is 35.5. The van der Waals surface area contributed by atoms with Crippen molar-refractivity contribution in [2.45, 2.75) is 0 Å². The average molecular weight is 266 g/mol. The van der Waals surface area contributed by atoms with Gasteiger partial charge in [0.05, 0.1) is 0 Å². The molecule has 0 aromatic heterocycles. The van der Waals surface area contributed by atoms with Crippen LogP contribution < -0.4 is 15.2 Å². The van der Waals surface area contributed by atoms with Crippen molar-refractivity contribution in [3.8, 4) is 17.2 Å². The standard InChI is InChI=1S/C14H15NO2.ClH/c15-9-10-16-13-7-4-8-14(11-13)17-12-5-2-1-3-6-12;/h1-8,11H,9-10,15H2;1H. The first kappa shape index (κ1) is 14.4. The van der Waals surface area contributed by atoms with Gasteiger partial charge in [-0.05, 0) is 24.3 Å². The molecule has 2 aromatic carbocycles. The molecule has 0 fully saturated rings. The van der Waals surface area contributed by atoms with Crippen LogP contribution in [0, 0.1) is 0 Å². The third kappa shape index (κ3) is 4.28. The highest BCUT2D eigenvalue weighted by Crippen LogP contribution is 2.24. The number of para-hydroxylation sites is 1. The summed E-state index contributed by atoms with van der Waals surface area (Å²) in [7, 11) is 0. The van der Waals surface area contributed by atoms with Gasteiger partial charge in [-0.25, -0.2) is 0 Å². The summed E-state index contributed by atoms with van der Waals surface area (Å²) in [5.74, 6) is 2.33. The average Bonchev–Trinajstić information content (AvgIpc) is 2.38. The molecule has 2 N–H and O–H groups in total. The lowest BCUT2D eigenvalue weighted by Crippen LogP contribution is -2.10. The molecule has 0 amide bonds. The summed E-state index contributed by atoms with van der Waals surface area (Å²) in [4.78, 5) is 0. The van der Waals surface area contributed by atoms with Crippen molar-refractivity contribution in [3.05, 3.63) is 54.6 Å². The van der Waals surface area contributed by atoms with E-state index in [1.54, 1.807) is 0 Å². The molecule has 0 atom stereocenters. The van der Waals surface area contributed by atoms with Gasteiger partial charge in [-0.15, -0.1) is 12.4 Å². The SMILES string of the molecule is Cl.NCCOc1cccc(Oc2ccccc2)c1. The van der Waals surface area contributed by atoms with E-state index in [4.69, 9.17) is 15.2 Å². The van der Waals surface area contributed by atoms with Gasteiger partial charge >= 0.3 is 0 Å². The first-order chi connectivity index (χ1) is 8.38. The van der Waals surface area contributed by atoms with Crippen LogP contribution in [0.3, 0.4) is 0 Å². The van der Waals surface area contributed by atoms with Crippen LogP contribution in [0.5, 0.6) is 17.2 Å². The Morgan fingerprint density at radius 3 is 2.22 bits per heavy atom. The second-order valence-corrected chi connectivity index (χ2v) is 3.53. The molecule has 0 saturated heterocycles. The van der Waals surface area contributed by atoms with E-state index >= 15 is 0 Å². The molecule has 0 aliphatic carbocycles. The summed E-state index contributed by atoms with van der Waals surface area (Å²) >= 11 is 0. The van der Waals surface area contributed by atoms with Crippen molar-refractivity contribution in [1.82, 2.24) is 0 Å². The summed E-state index contributed by atoms with van der Waals surface area (Å²) in [5.41, 5.74) is 5.38. The van der Waals surface area contributed by atoms with Gasteiger partial charge in [-0.1, -0.05) is 24.3 Å². The molecule has 0 aliphatic heterocycles. The first-order valence-electron chi connectivity index (χ1n) is 5.54. The maximum absolute atomic E-state index is 5.69. The molecule has 2 rings (SSSR count). The van der Waals surface area contributed by atoms with Gasteiger partial charge in [0.1, 0.15) is 23.9 Å². The van der Waals surface area contributed by atoms with Crippen molar-refractivity contribution in [2.24, 2.45) is 5.73 Å². The first-order valence-corrected chi connectivity index (χ1v) is 5.54. The minimum atomic E-state index is 0. The molecule has 96 valence electrons. The van der Waals surface area contributed by atoms with Crippen LogP contribution in [0.2, 0.25) is 0 Å². The molecular formula is C14H16ClNO2. The largest absolute Gasteiger partial charge is 0.492 e. The predicted octanol–water partition coefficient (Wildman–Crippen LogP) is 3.24. The van der Waals surface area contributed by atoms with E-state index < -0.39 is 0 Å². The summed E-state index contributed by atoms with van der Waals surface area (Å²) in [6.07, 6.45) is 0. The third-order valence-corrected chi connectivity index (χ3v) is 2.17. The normalized spacial score (nSPS) is 9.39. The Balaban J connectivity index is 0.00000162. The maximum Gasteiger partial charge on any atom is 0.131 e. The van der Waals surface area contributed by atoms with Crippen molar-refractivity contribution < 1.29 is 9.47 Å². The molecule has 18 heavy (non-hydrogen) atoms. The highest BCUT2D eigenvalue weighted by molar-refractivity contribution is 5.85. The molecule has 0 unspecified atom stereocenters. The number of hydrogen-bond donors (Lipinski definition) is 1. The van der Waals surface area contributed by atoms with E-state index in [9.17, 15) is 0 Å². The van der Waals surface area contributed by atoms with Gasteiger partial charge in [0, 0.05) is 12.6 Å². The molecular weight excluding hydrogens is 250 g/mol. The van der Waals surface area contributed by atoms with E-state index in [2.05, 4.69) is 0 Å². The van der Waals surface area contributed by atoms with Crippen molar-refractivity contribution in [1.29, 1.82) is 0 Å². The van der Waals surface area contributed by atoms with Gasteiger partial charge in [-0.2, -0.15) is 0 Å². The Morgan fingerprint density at radius 2 is 1.50 bits per heavy atom. The minimum absolute atomic E-state index is 0. The molecule has 2 aromatic rings. The van der Waals surface area contributed by atoms with Crippen LogP contribution >= 0.6 is 12.4 Å². The minimum Gasteiger partial charge on any atom is -0.492 e. The van der Waals surface area contributed by atoms with Crippen LogP contribution in [-0.4, -0.2) is 13.2 Å². The van der Waals surface area contributed by atoms with Crippen molar-refractivity contribution >= 4 is 12.4 Å². The van der Waals surface area contributed by atoms with Crippen LogP contribution in [-0.2, 0) is 0 Å². The van der Waals surface area contributed by atoms with E-state index in [0.29, 0.717) is 13.2 Å². The number of rotatable bonds is 5. The van der Waals surface area contributed by atoms with Gasteiger partial charge in [-0.3, -0.25) is 0 Å². The van der Waals surface area contributed by atoms with E-state index in [0.717, 1.165) is 17.2 Å². The maximum atomic E-state index is 5.69. The van der Waals surface area contributed by atoms with Gasteiger partial charge in [0.25, 0.3) is 0 Å². The van der Waals surface area contributed by atoms with Crippen molar-refractivity contribution in [3.63, 3.8) is 0 Å². The fourth-order valence-corrected chi connectivity index (χ4v) is 1.43. The Labute approximate surface area is 113 Å². The Kier molecular flexibility index (Phi) is 6.05. The molecule has 0 saturated carbocycles. The number of benzene rings is 2. The molecule has 0 aliphatic rings. The smallest absolute Gasteiger partial charge is 0.131 e. The van der Waals surface area contributed by atoms with Gasteiger partial charge in [0.2, 0.25) is 0 Å². The quantitative estimate of drug-likeness (QED) is 0.903. The molecule has 4 heteroatoms. The Morgan fingerprint density at radius 1 is 0.833 bits per heavy atom. The predicted molar refractivity (Wildman–Crippen MR) is 74.8 cm³/mol. The summed E-state index contributed by atoms with van der Waals surface area (Å²) in [5, 5.41) is 0. The fourth-order valence-electron chi connectivity index (χ4n) is 1.43. The van der Waals surface area contributed by atoms with Gasteiger partial charge in [0.15, 0.2) is 0 Å². The van der Waals surface area contributed by atoms with Gasteiger partial charge < -0.3 is 15.2 Å². The van der Waals surface area contributed by atoms with Crippen LogP contribution in [0.4, 0.5) is 0 Å². The second-order valence-electron chi connectivity index (χ2n) is 3.53. The molecule has 0 radical (unpaired) electrons. The molecule has 0 bridgehead atoms. The summed E-state index contributed by atoms with van der Waals surface area (Å²) in [6, 6.07) is 17.2. The van der Waals surface area contributed by atoms with E-state index in [-0.39, 0.29) is 12.4 Å². The Bertz CT molecular complexity index is 462. The monoisotopic (exact) mass is 265 g/mol. The number of ether oxygens (including phenoxy) is 2. The van der Waals surface area contributed by atoms with Crippen LogP contribution in [0.1, 0.15) is 0 Å². The molecule has 3 nitrogen and oxygen atoms in total. The third-order valence-electron chi connectivity index (χ3n) is 2.17. The molecule has 0 heterocycles. The zero-order chi connectivity index (χ0) is 11.9. The van der Waals surface area contributed by atoms with Crippen LogP contribution in [0.15, 0.2) is 54.6 Å². The van der Waals surface area contributed by atoms with Crippen molar-refractivity contribution in [2.75, 3.05) is 13.2 Å². The zero-order valence-corrected chi connectivity index (χ0v) is 10.7. The lowest BCUT2D eigenvalue weighted by Gasteiger charge is -2.08. The van der Waals surface area contributed by atoms with E-state index in [1.807, 2.05) is 54.6 Å². The van der Waals surface area contributed by atoms with E-state index in [1.165, 1.54) is 0 Å². The zero-order valence-electron chi connectivity index (χ0n) is 9.91. The number of nitrogens with two attached hydrogens (primary N) is 1. The van der Waals surface area contributed by atoms with Crippen LogP contribution in [0.25, 0.3) is 0 Å². The molecule has 0 spiro atoms. The fraction of sp³-hybridized carbons (Fsp3) is 0.143. The highest BCUT2D eigenvalue weighted by Gasteiger charge is 1.99. The topological polar surface area (TPSA) is 44.5 Å². The Hall–Kier alpha value is -1.71. The number of halogens is 1. The lowest BCUT2D eigenvalue weighted by molar-refractivity contribution is 0.326. The number of hydrogen-bond acceptors (Lipinski definition) is 3. The second kappa shape index (κ2) is 7.58.